The molecule has 0 saturated carbocycles. The Bertz CT molecular complexity index is 920. The molecule has 0 fully saturated rings. The van der Waals surface area contributed by atoms with E-state index in [-0.39, 0.29) is 18.6 Å². The minimum Gasteiger partial charge on any atom is -0.483 e. The van der Waals surface area contributed by atoms with Gasteiger partial charge in [0.05, 0.1) is 6.04 Å². The lowest BCUT2D eigenvalue weighted by Crippen LogP contribution is -2.34. The highest BCUT2D eigenvalue weighted by Crippen LogP contribution is 2.31. The summed E-state index contributed by atoms with van der Waals surface area (Å²) in [6.45, 7) is 0.0164. The summed E-state index contributed by atoms with van der Waals surface area (Å²) in [7, 11) is 0. The molecule has 3 heteroatoms. The number of amides is 1. The van der Waals surface area contributed by atoms with Crippen LogP contribution in [-0.2, 0) is 11.2 Å². The highest BCUT2D eigenvalue weighted by Gasteiger charge is 2.21. The van der Waals surface area contributed by atoms with Crippen LogP contribution in [0.25, 0.3) is 11.1 Å². The molecule has 0 heterocycles. The Hall–Kier alpha value is -3.07. The third kappa shape index (κ3) is 4.03. The van der Waals surface area contributed by atoms with Gasteiger partial charge in [0.2, 0.25) is 0 Å². The van der Waals surface area contributed by atoms with Crippen LogP contribution in [0.5, 0.6) is 5.75 Å². The Morgan fingerprint density at radius 2 is 1.67 bits per heavy atom. The number of carbonyl (C=O) groups is 1. The zero-order valence-corrected chi connectivity index (χ0v) is 15.2. The maximum absolute atomic E-state index is 12.5. The van der Waals surface area contributed by atoms with Gasteiger partial charge in [0.25, 0.3) is 5.91 Å². The normalized spacial score (nSPS) is 15.6. The largest absolute Gasteiger partial charge is 0.483 e. The van der Waals surface area contributed by atoms with Crippen molar-refractivity contribution in [2.45, 2.75) is 25.3 Å². The number of nitrogens with one attached hydrogen (secondary N) is 1. The zero-order chi connectivity index (χ0) is 18.5. The predicted molar refractivity (Wildman–Crippen MR) is 108 cm³/mol. The van der Waals surface area contributed by atoms with E-state index in [0.717, 1.165) is 36.1 Å². The molecule has 1 aliphatic carbocycles. The van der Waals surface area contributed by atoms with Crippen LogP contribution in [0.3, 0.4) is 0 Å². The van der Waals surface area contributed by atoms with E-state index in [4.69, 9.17) is 4.74 Å². The number of rotatable bonds is 5. The smallest absolute Gasteiger partial charge is 0.258 e. The average Bonchev–Trinajstić information content (AvgIpc) is 2.73. The minimum absolute atomic E-state index is 0.0164. The average molecular weight is 357 g/mol. The number of fused-ring (bicyclic) bond motifs is 1. The first kappa shape index (κ1) is 17.3. The van der Waals surface area contributed by atoms with Crippen molar-refractivity contribution in [2.24, 2.45) is 0 Å². The molecule has 1 N–H and O–H groups in total. The molecular formula is C24H23NO2. The van der Waals surface area contributed by atoms with Crippen molar-refractivity contribution in [1.29, 1.82) is 0 Å². The SMILES string of the molecule is O=C(COc1ccccc1-c1ccccc1)N[C@H]1CCCc2ccccc21. The van der Waals surface area contributed by atoms with Crippen molar-refractivity contribution in [3.63, 3.8) is 0 Å². The third-order valence-electron chi connectivity index (χ3n) is 5.04. The molecule has 1 aliphatic rings. The molecule has 3 nitrogen and oxygen atoms in total. The van der Waals surface area contributed by atoms with Gasteiger partial charge in [0.15, 0.2) is 6.61 Å². The zero-order valence-electron chi connectivity index (χ0n) is 15.2. The lowest BCUT2D eigenvalue weighted by Gasteiger charge is -2.26. The fourth-order valence-corrected chi connectivity index (χ4v) is 3.73. The highest BCUT2D eigenvalue weighted by molar-refractivity contribution is 5.79. The van der Waals surface area contributed by atoms with Crippen molar-refractivity contribution in [1.82, 2.24) is 5.32 Å². The highest BCUT2D eigenvalue weighted by atomic mass is 16.5. The van der Waals surface area contributed by atoms with Crippen molar-refractivity contribution in [3.05, 3.63) is 90.0 Å². The number of aryl methyl sites for hydroxylation is 1. The van der Waals surface area contributed by atoms with Gasteiger partial charge in [-0.1, -0.05) is 72.8 Å². The fraction of sp³-hybridized carbons (Fsp3) is 0.208. The Morgan fingerprint density at radius 3 is 2.56 bits per heavy atom. The van der Waals surface area contributed by atoms with E-state index < -0.39 is 0 Å². The Morgan fingerprint density at radius 1 is 0.926 bits per heavy atom. The van der Waals surface area contributed by atoms with Gasteiger partial charge in [-0.3, -0.25) is 4.79 Å². The Labute approximate surface area is 160 Å². The van der Waals surface area contributed by atoms with E-state index in [1.807, 2.05) is 60.7 Å². The summed E-state index contributed by atoms with van der Waals surface area (Å²) in [6.07, 6.45) is 3.16. The number of para-hydroxylation sites is 1. The van der Waals surface area contributed by atoms with E-state index in [2.05, 4.69) is 23.5 Å². The van der Waals surface area contributed by atoms with Gasteiger partial charge < -0.3 is 10.1 Å². The molecular weight excluding hydrogens is 334 g/mol. The summed E-state index contributed by atoms with van der Waals surface area (Å²) in [4.78, 5) is 12.5. The van der Waals surface area contributed by atoms with Gasteiger partial charge in [0.1, 0.15) is 5.75 Å². The van der Waals surface area contributed by atoms with Crippen molar-refractivity contribution in [2.75, 3.05) is 6.61 Å². The molecule has 1 atom stereocenters. The standard InChI is InChI=1S/C24H23NO2/c26-24(25-22-15-8-12-18-11-4-5-13-20(18)22)17-27-23-16-7-6-14-21(23)19-9-2-1-3-10-19/h1-7,9-11,13-14,16,22H,8,12,15,17H2,(H,25,26)/t22-/m0/s1. The van der Waals surface area contributed by atoms with E-state index in [1.54, 1.807) is 0 Å². The first-order valence-corrected chi connectivity index (χ1v) is 9.46. The third-order valence-corrected chi connectivity index (χ3v) is 5.04. The maximum Gasteiger partial charge on any atom is 0.258 e. The van der Waals surface area contributed by atoms with Crippen LogP contribution in [-0.4, -0.2) is 12.5 Å². The predicted octanol–water partition coefficient (Wildman–Crippen LogP) is 4.93. The molecule has 0 bridgehead atoms. The lowest BCUT2D eigenvalue weighted by atomic mass is 9.88. The van der Waals surface area contributed by atoms with Crippen LogP contribution >= 0.6 is 0 Å². The first-order valence-electron chi connectivity index (χ1n) is 9.46. The number of ether oxygens (including phenoxy) is 1. The molecule has 0 aromatic heterocycles. The Balaban J connectivity index is 1.43. The van der Waals surface area contributed by atoms with Gasteiger partial charge in [0, 0.05) is 5.56 Å². The molecule has 0 aliphatic heterocycles. The maximum atomic E-state index is 12.5. The second-order valence-electron chi connectivity index (χ2n) is 6.86. The second kappa shape index (κ2) is 8.09. The quantitative estimate of drug-likeness (QED) is 0.703. The summed E-state index contributed by atoms with van der Waals surface area (Å²) in [5, 5.41) is 3.14. The first-order chi connectivity index (χ1) is 13.3. The molecule has 136 valence electrons. The summed E-state index contributed by atoms with van der Waals surface area (Å²) >= 11 is 0. The van der Waals surface area contributed by atoms with E-state index in [0.29, 0.717) is 0 Å². The summed E-state index contributed by atoms with van der Waals surface area (Å²) in [5.74, 6) is 0.641. The van der Waals surface area contributed by atoms with Crippen LogP contribution in [0.15, 0.2) is 78.9 Å². The Kier molecular flexibility index (Phi) is 5.20. The molecule has 4 rings (SSSR count). The molecule has 0 unspecified atom stereocenters. The van der Waals surface area contributed by atoms with Crippen molar-refractivity contribution < 1.29 is 9.53 Å². The number of hydrogen-bond acceptors (Lipinski definition) is 2. The summed E-state index contributed by atoms with van der Waals surface area (Å²) in [6, 6.07) is 26.4. The molecule has 0 spiro atoms. The van der Waals surface area contributed by atoms with Crippen LogP contribution < -0.4 is 10.1 Å². The van der Waals surface area contributed by atoms with Gasteiger partial charge >= 0.3 is 0 Å². The lowest BCUT2D eigenvalue weighted by molar-refractivity contribution is -0.123. The van der Waals surface area contributed by atoms with Crippen LogP contribution in [0.2, 0.25) is 0 Å². The van der Waals surface area contributed by atoms with E-state index >= 15 is 0 Å². The van der Waals surface area contributed by atoms with Gasteiger partial charge in [-0.2, -0.15) is 0 Å². The number of carbonyl (C=O) groups excluding carboxylic acids is 1. The van der Waals surface area contributed by atoms with Crippen LogP contribution in [0, 0.1) is 0 Å². The van der Waals surface area contributed by atoms with Gasteiger partial charge in [-0.25, -0.2) is 0 Å². The monoisotopic (exact) mass is 357 g/mol. The fourth-order valence-electron chi connectivity index (χ4n) is 3.73. The topological polar surface area (TPSA) is 38.3 Å². The molecule has 27 heavy (non-hydrogen) atoms. The molecule has 1 amide bonds. The summed E-state index contributed by atoms with van der Waals surface area (Å²) < 4.78 is 5.87. The molecule has 3 aromatic rings. The second-order valence-corrected chi connectivity index (χ2v) is 6.86. The van der Waals surface area contributed by atoms with Gasteiger partial charge in [-0.15, -0.1) is 0 Å². The minimum atomic E-state index is -0.0837. The van der Waals surface area contributed by atoms with E-state index in [9.17, 15) is 4.79 Å². The van der Waals surface area contributed by atoms with E-state index in [1.165, 1.54) is 11.1 Å². The molecule has 0 radical (unpaired) electrons. The van der Waals surface area contributed by atoms with Crippen molar-refractivity contribution >= 4 is 5.91 Å². The van der Waals surface area contributed by atoms with Crippen LogP contribution in [0.4, 0.5) is 0 Å². The number of hydrogen-bond donors (Lipinski definition) is 1. The van der Waals surface area contributed by atoms with Gasteiger partial charge in [-0.05, 0) is 42.0 Å². The summed E-state index contributed by atoms with van der Waals surface area (Å²) in [5.41, 5.74) is 4.65. The van der Waals surface area contributed by atoms with Crippen LogP contribution in [0.1, 0.15) is 30.0 Å². The molecule has 0 saturated heterocycles. The molecule has 3 aromatic carbocycles. The van der Waals surface area contributed by atoms with Crippen molar-refractivity contribution in [3.8, 4) is 16.9 Å². The number of benzene rings is 3.